The number of para-hydroxylation sites is 1. The van der Waals surface area contributed by atoms with E-state index in [0.29, 0.717) is 22.9 Å². The summed E-state index contributed by atoms with van der Waals surface area (Å²) in [6.45, 7) is 1.73. The number of nitrogens with one attached hydrogen (secondary N) is 1. The fourth-order valence-corrected chi connectivity index (χ4v) is 4.76. The molecule has 1 aromatic carbocycles. The molecule has 1 aromatic heterocycles. The van der Waals surface area contributed by atoms with Crippen molar-refractivity contribution in [3.8, 4) is 0 Å². The van der Waals surface area contributed by atoms with Crippen molar-refractivity contribution in [1.82, 2.24) is 9.88 Å². The molecule has 0 saturated heterocycles. The molecule has 0 aliphatic carbocycles. The van der Waals surface area contributed by atoms with Gasteiger partial charge >= 0.3 is 0 Å². The van der Waals surface area contributed by atoms with Crippen molar-refractivity contribution in [3.05, 3.63) is 59.1 Å². The SMILES string of the molecule is CC1=NC(C(=O)Nc2ccnc(Cl)c2)=C2CS(=O)(=O)c3ccccc3[N+]12. The van der Waals surface area contributed by atoms with Crippen molar-refractivity contribution in [2.75, 3.05) is 11.1 Å². The maximum atomic E-state index is 12.7. The van der Waals surface area contributed by atoms with Crippen LogP contribution in [-0.2, 0) is 14.6 Å². The van der Waals surface area contributed by atoms with E-state index in [9.17, 15) is 13.2 Å². The molecule has 2 aliphatic heterocycles. The van der Waals surface area contributed by atoms with Gasteiger partial charge in [-0.3, -0.25) is 4.79 Å². The first-order valence-electron chi connectivity index (χ1n) is 7.70. The van der Waals surface area contributed by atoms with Gasteiger partial charge in [-0.05, 0) is 23.1 Å². The van der Waals surface area contributed by atoms with Gasteiger partial charge in [-0.1, -0.05) is 23.7 Å². The summed E-state index contributed by atoms with van der Waals surface area (Å²) in [4.78, 5) is 22.8. The highest BCUT2D eigenvalue weighted by Gasteiger charge is 2.49. The van der Waals surface area contributed by atoms with E-state index in [1.165, 1.54) is 12.3 Å². The molecule has 1 radical (unpaired) electrons. The number of sulfone groups is 1. The minimum absolute atomic E-state index is 0.0773. The van der Waals surface area contributed by atoms with Crippen molar-refractivity contribution in [3.63, 3.8) is 0 Å². The number of halogens is 1. The van der Waals surface area contributed by atoms with Crippen LogP contribution in [0.25, 0.3) is 0 Å². The van der Waals surface area contributed by atoms with Crippen LogP contribution in [-0.4, -0.2) is 30.9 Å². The number of carbonyl (C=O) groups is 1. The van der Waals surface area contributed by atoms with E-state index in [1.54, 1.807) is 42.2 Å². The predicted octanol–water partition coefficient (Wildman–Crippen LogP) is 2.58. The molecule has 131 valence electrons. The van der Waals surface area contributed by atoms with E-state index in [1.807, 2.05) is 0 Å². The average Bonchev–Trinajstić information content (AvgIpc) is 2.91. The standard InChI is InChI=1S/C17H13ClN4O3S/c1-10-20-16(17(23)21-11-6-7-19-15(18)8-11)13-9-26(24,25)14-5-3-2-4-12(14)22(10)13/h2-8H,9H2,1H3,(H,19,21,23)/q+1. The third-order valence-corrected chi connectivity index (χ3v) is 5.98. The Hall–Kier alpha value is -2.55. The Morgan fingerprint density at radius 3 is 2.81 bits per heavy atom. The van der Waals surface area contributed by atoms with Gasteiger partial charge in [0.05, 0.1) is 0 Å². The highest BCUT2D eigenvalue weighted by Crippen LogP contribution is 2.39. The second-order valence-corrected chi connectivity index (χ2v) is 8.18. The van der Waals surface area contributed by atoms with Crippen molar-refractivity contribution in [2.45, 2.75) is 11.8 Å². The molecule has 7 nitrogen and oxygen atoms in total. The summed E-state index contributed by atoms with van der Waals surface area (Å²) in [5.74, 6) is -0.246. The lowest BCUT2D eigenvalue weighted by atomic mass is 10.2. The van der Waals surface area contributed by atoms with Gasteiger partial charge in [0.25, 0.3) is 11.7 Å². The molecule has 2 aromatic rings. The fraction of sp³-hybridized carbons (Fsp3) is 0.118. The fourth-order valence-electron chi connectivity index (χ4n) is 3.05. The zero-order valence-electron chi connectivity index (χ0n) is 13.6. The molecule has 0 bridgehead atoms. The van der Waals surface area contributed by atoms with Gasteiger partial charge in [0.1, 0.15) is 15.8 Å². The molecule has 2 aliphatic rings. The molecular formula is C17H13ClN4O3S+. The Balaban J connectivity index is 1.77. The first kappa shape index (κ1) is 16.9. The number of aliphatic imine (C=N–C) groups is 1. The van der Waals surface area contributed by atoms with E-state index in [4.69, 9.17) is 11.6 Å². The summed E-state index contributed by atoms with van der Waals surface area (Å²) in [5.41, 5.74) is 1.38. The van der Waals surface area contributed by atoms with Crippen LogP contribution in [0.1, 0.15) is 6.92 Å². The van der Waals surface area contributed by atoms with Gasteiger partial charge in [-0.15, -0.1) is 0 Å². The van der Waals surface area contributed by atoms with Crippen LogP contribution < -0.4 is 10.2 Å². The van der Waals surface area contributed by atoms with Crippen LogP contribution in [0.5, 0.6) is 0 Å². The predicted molar refractivity (Wildman–Crippen MR) is 98.3 cm³/mol. The van der Waals surface area contributed by atoms with Gasteiger partial charge in [-0.25, -0.2) is 13.4 Å². The van der Waals surface area contributed by atoms with E-state index in [0.717, 1.165) is 0 Å². The first-order chi connectivity index (χ1) is 12.4. The molecule has 9 heteroatoms. The van der Waals surface area contributed by atoms with E-state index < -0.39 is 15.7 Å². The second kappa shape index (κ2) is 6.01. The summed E-state index contributed by atoms with van der Waals surface area (Å²) in [6, 6.07) is 9.78. The molecular weight excluding hydrogens is 376 g/mol. The zero-order valence-corrected chi connectivity index (χ0v) is 15.2. The highest BCUT2D eigenvalue weighted by atomic mass is 35.5. The van der Waals surface area contributed by atoms with Crippen LogP contribution >= 0.6 is 11.6 Å². The van der Waals surface area contributed by atoms with Crippen molar-refractivity contribution < 1.29 is 13.2 Å². The number of hydrogen-bond acceptors (Lipinski definition) is 6. The number of hydrogen-bond donors (Lipinski definition) is 1. The summed E-state index contributed by atoms with van der Waals surface area (Å²) in [6.07, 6.45) is 1.46. The third-order valence-electron chi connectivity index (χ3n) is 4.11. The van der Waals surface area contributed by atoms with Crippen LogP contribution in [0.2, 0.25) is 5.15 Å². The second-order valence-electron chi connectivity index (χ2n) is 5.84. The monoisotopic (exact) mass is 388 g/mol. The number of nitrogens with zero attached hydrogens (tertiary/aromatic N) is 3. The largest absolute Gasteiger partial charge is 0.320 e. The number of carbonyl (C=O) groups excluding carboxylic acids is 1. The smallest absolute Gasteiger partial charge is 0.280 e. The lowest BCUT2D eigenvalue weighted by molar-refractivity contribution is -0.112. The Bertz CT molecular complexity index is 1110. The number of benzene rings is 1. The van der Waals surface area contributed by atoms with Gasteiger partial charge in [0, 0.05) is 24.9 Å². The van der Waals surface area contributed by atoms with Crippen LogP contribution in [0.3, 0.4) is 0 Å². The first-order valence-corrected chi connectivity index (χ1v) is 9.73. The Morgan fingerprint density at radius 2 is 2.04 bits per heavy atom. The van der Waals surface area contributed by atoms with Gasteiger partial charge in [-0.2, -0.15) is 4.99 Å². The number of aromatic nitrogens is 1. The Kier molecular flexibility index (Phi) is 3.91. The quantitative estimate of drug-likeness (QED) is 0.631. The van der Waals surface area contributed by atoms with Gasteiger partial charge in [0.15, 0.2) is 15.5 Å². The number of fused-ring (bicyclic) bond motifs is 3. The van der Waals surface area contributed by atoms with Gasteiger partial charge < -0.3 is 5.32 Å². The number of pyridine rings is 1. The van der Waals surface area contributed by atoms with Crippen molar-refractivity contribution in [1.29, 1.82) is 0 Å². The minimum Gasteiger partial charge on any atom is -0.320 e. The molecule has 1 amide bonds. The number of amidine groups is 1. The Labute approximate surface area is 154 Å². The molecule has 0 saturated carbocycles. The molecule has 26 heavy (non-hydrogen) atoms. The topological polar surface area (TPSA) is 94.4 Å². The van der Waals surface area contributed by atoms with Crippen molar-refractivity contribution in [2.24, 2.45) is 4.99 Å². The molecule has 0 spiro atoms. The molecule has 1 N–H and O–H groups in total. The number of rotatable bonds is 2. The molecule has 3 heterocycles. The molecule has 4 rings (SSSR count). The summed E-state index contributed by atoms with van der Waals surface area (Å²) >= 11 is 5.83. The van der Waals surface area contributed by atoms with Crippen molar-refractivity contribution >= 4 is 44.6 Å². The van der Waals surface area contributed by atoms with Crippen LogP contribution in [0, 0.1) is 0 Å². The number of anilines is 2. The average molecular weight is 389 g/mol. The van der Waals surface area contributed by atoms with Crippen LogP contribution in [0.15, 0.2) is 63.9 Å². The molecule has 0 atom stereocenters. The minimum atomic E-state index is -3.55. The number of amides is 1. The maximum Gasteiger partial charge on any atom is 0.280 e. The summed E-state index contributed by atoms with van der Waals surface area (Å²) in [5, 5.41) is 2.92. The lowest BCUT2D eigenvalue weighted by Crippen LogP contribution is -2.36. The molecule has 0 fully saturated rings. The van der Waals surface area contributed by atoms with Gasteiger partial charge in [0.2, 0.25) is 11.4 Å². The molecule has 0 unspecified atom stereocenters. The van der Waals surface area contributed by atoms with E-state index in [-0.39, 0.29) is 21.5 Å². The highest BCUT2D eigenvalue weighted by molar-refractivity contribution is 7.91. The lowest BCUT2D eigenvalue weighted by Gasteiger charge is -2.17. The van der Waals surface area contributed by atoms with Crippen LogP contribution in [0.4, 0.5) is 11.4 Å². The van der Waals surface area contributed by atoms with E-state index in [2.05, 4.69) is 15.3 Å². The Morgan fingerprint density at radius 1 is 1.27 bits per heavy atom. The summed E-state index contributed by atoms with van der Waals surface area (Å²) < 4.78 is 25.2. The normalized spacial score (nSPS) is 18.2. The maximum absolute atomic E-state index is 12.7. The zero-order chi connectivity index (χ0) is 18.5. The third kappa shape index (κ3) is 2.72. The summed E-state index contributed by atoms with van der Waals surface area (Å²) in [7, 11) is -3.55. The van der Waals surface area contributed by atoms with E-state index >= 15 is 0 Å².